The Labute approximate surface area is 110 Å². The number of aliphatic hydroxyl groups excluding tert-OH is 1. The molecule has 6 heteroatoms. The molecule has 6 nitrogen and oxygen atoms in total. The molecule has 1 rings (SSSR count). The summed E-state index contributed by atoms with van der Waals surface area (Å²) in [5, 5.41) is 17.9. The molecule has 0 fully saturated rings. The van der Waals surface area contributed by atoms with Gasteiger partial charge >= 0.3 is 5.97 Å². The zero-order valence-electron chi connectivity index (χ0n) is 10.7. The Morgan fingerprint density at radius 2 is 2.26 bits per heavy atom. The summed E-state index contributed by atoms with van der Waals surface area (Å²) in [6.45, 7) is 1.69. The second-order valence-corrected chi connectivity index (χ2v) is 4.13. The van der Waals surface area contributed by atoms with Crippen molar-refractivity contribution < 1.29 is 24.2 Å². The maximum Gasteiger partial charge on any atom is 0.305 e. The molecule has 0 aliphatic rings. The molecule has 0 bridgehead atoms. The Kier molecular flexibility index (Phi) is 5.81. The van der Waals surface area contributed by atoms with Crippen LogP contribution in [0.2, 0.25) is 0 Å². The van der Waals surface area contributed by atoms with Gasteiger partial charge in [-0.3, -0.25) is 9.59 Å². The standard InChI is InChI=1S/C13H17NO5/c1-10(15)9-14(7-6-13(17)18)12(16)5-4-11-3-2-8-19-11/h2-5,8,10,15H,6-7,9H2,1H3,(H,17,18)/b5-4+. The van der Waals surface area contributed by atoms with Crippen LogP contribution in [0.4, 0.5) is 0 Å². The van der Waals surface area contributed by atoms with Gasteiger partial charge in [-0.05, 0) is 25.1 Å². The maximum absolute atomic E-state index is 11.9. The van der Waals surface area contributed by atoms with Gasteiger partial charge in [0.15, 0.2) is 0 Å². The smallest absolute Gasteiger partial charge is 0.305 e. The third kappa shape index (κ3) is 5.87. The van der Waals surface area contributed by atoms with Crippen molar-refractivity contribution in [2.75, 3.05) is 13.1 Å². The molecule has 0 saturated heterocycles. The Bertz CT molecular complexity index is 436. The molecular formula is C13H17NO5. The third-order valence-electron chi connectivity index (χ3n) is 2.33. The summed E-state index contributed by atoms with van der Waals surface area (Å²) in [4.78, 5) is 23.7. The summed E-state index contributed by atoms with van der Waals surface area (Å²) in [5.74, 6) is -0.819. The van der Waals surface area contributed by atoms with E-state index < -0.39 is 12.1 Å². The number of aliphatic carboxylic acids is 1. The molecule has 1 aromatic heterocycles. The number of carbonyl (C=O) groups excluding carboxylic acids is 1. The molecule has 0 radical (unpaired) electrons. The van der Waals surface area contributed by atoms with Crippen LogP contribution < -0.4 is 0 Å². The van der Waals surface area contributed by atoms with E-state index in [4.69, 9.17) is 9.52 Å². The molecule has 1 heterocycles. The Morgan fingerprint density at radius 3 is 2.79 bits per heavy atom. The first kappa shape index (κ1) is 15.0. The van der Waals surface area contributed by atoms with Gasteiger partial charge in [-0.2, -0.15) is 0 Å². The molecule has 1 aromatic rings. The second-order valence-electron chi connectivity index (χ2n) is 4.13. The highest BCUT2D eigenvalue weighted by Gasteiger charge is 2.14. The summed E-state index contributed by atoms with van der Waals surface area (Å²) in [6, 6.07) is 3.39. The monoisotopic (exact) mass is 267 g/mol. The number of aliphatic hydroxyl groups is 1. The topological polar surface area (TPSA) is 91.0 Å². The van der Waals surface area contributed by atoms with Crippen LogP contribution >= 0.6 is 0 Å². The van der Waals surface area contributed by atoms with Gasteiger partial charge in [-0.15, -0.1) is 0 Å². The van der Waals surface area contributed by atoms with Gasteiger partial charge in [-0.1, -0.05) is 0 Å². The van der Waals surface area contributed by atoms with Crippen molar-refractivity contribution in [1.82, 2.24) is 4.90 Å². The highest BCUT2D eigenvalue weighted by Crippen LogP contribution is 2.04. The van der Waals surface area contributed by atoms with Crippen LogP contribution in [0.15, 0.2) is 28.9 Å². The van der Waals surface area contributed by atoms with Gasteiger partial charge < -0.3 is 19.5 Å². The second kappa shape index (κ2) is 7.38. The molecule has 1 amide bonds. The van der Waals surface area contributed by atoms with Crippen LogP contribution in [0.1, 0.15) is 19.1 Å². The molecule has 0 saturated carbocycles. The molecule has 0 aliphatic heterocycles. The molecule has 1 atom stereocenters. The minimum Gasteiger partial charge on any atom is -0.481 e. The van der Waals surface area contributed by atoms with E-state index in [1.807, 2.05) is 0 Å². The number of rotatable bonds is 7. The van der Waals surface area contributed by atoms with Gasteiger partial charge in [0.25, 0.3) is 0 Å². The first-order valence-electron chi connectivity index (χ1n) is 5.89. The van der Waals surface area contributed by atoms with Crippen molar-refractivity contribution in [1.29, 1.82) is 0 Å². The predicted octanol–water partition coefficient (Wildman–Crippen LogP) is 0.977. The number of hydrogen-bond donors (Lipinski definition) is 2. The van der Waals surface area contributed by atoms with Gasteiger partial charge in [-0.25, -0.2) is 0 Å². The van der Waals surface area contributed by atoms with Crippen molar-refractivity contribution in [2.45, 2.75) is 19.4 Å². The lowest BCUT2D eigenvalue weighted by Gasteiger charge is -2.21. The third-order valence-corrected chi connectivity index (χ3v) is 2.33. The molecule has 19 heavy (non-hydrogen) atoms. The molecule has 2 N–H and O–H groups in total. The van der Waals surface area contributed by atoms with Crippen molar-refractivity contribution in [3.8, 4) is 0 Å². The molecule has 0 spiro atoms. The zero-order chi connectivity index (χ0) is 14.3. The lowest BCUT2D eigenvalue weighted by Crippen LogP contribution is -2.37. The average Bonchev–Trinajstić information content (AvgIpc) is 2.83. The summed E-state index contributed by atoms with van der Waals surface area (Å²) in [5.41, 5.74) is 0. The number of nitrogens with zero attached hydrogens (tertiary/aromatic N) is 1. The lowest BCUT2D eigenvalue weighted by atomic mass is 10.3. The molecular weight excluding hydrogens is 250 g/mol. The van der Waals surface area contributed by atoms with Gasteiger partial charge in [0.1, 0.15) is 5.76 Å². The fraction of sp³-hybridized carbons (Fsp3) is 0.385. The summed E-state index contributed by atoms with van der Waals surface area (Å²) in [6.07, 6.45) is 3.41. The van der Waals surface area contributed by atoms with Crippen molar-refractivity contribution in [3.63, 3.8) is 0 Å². The maximum atomic E-state index is 11.9. The molecule has 104 valence electrons. The van der Waals surface area contributed by atoms with E-state index in [2.05, 4.69) is 0 Å². The van der Waals surface area contributed by atoms with Crippen LogP contribution in [0, 0.1) is 0 Å². The van der Waals surface area contributed by atoms with E-state index >= 15 is 0 Å². The SMILES string of the molecule is CC(O)CN(CCC(=O)O)C(=O)/C=C/c1ccco1. The quantitative estimate of drug-likeness (QED) is 0.718. The highest BCUT2D eigenvalue weighted by molar-refractivity contribution is 5.91. The van der Waals surface area contributed by atoms with Crippen molar-refractivity contribution in [2.24, 2.45) is 0 Å². The van der Waals surface area contributed by atoms with Gasteiger partial charge in [0, 0.05) is 19.2 Å². The largest absolute Gasteiger partial charge is 0.481 e. The van der Waals surface area contributed by atoms with E-state index in [1.165, 1.54) is 30.2 Å². The number of carboxylic acids is 1. The molecule has 0 aliphatic carbocycles. The van der Waals surface area contributed by atoms with Crippen LogP contribution in [0.3, 0.4) is 0 Å². The number of carbonyl (C=O) groups is 2. The van der Waals surface area contributed by atoms with E-state index in [1.54, 1.807) is 12.1 Å². The summed E-state index contributed by atoms with van der Waals surface area (Å²) < 4.78 is 5.04. The predicted molar refractivity (Wildman–Crippen MR) is 68.3 cm³/mol. The van der Waals surface area contributed by atoms with Gasteiger partial charge in [0.2, 0.25) is 5.91 Å². The normalized spacial score (nSPS) is 12.5. The number of carboxylic acid groups (broad SMARTS) is 1. The van der Waals surface area contributed by atoms with Gasteiger partial charge in [0.05, 0.1) is 18.8 Å². The fourth-order valence-electron chi connectivity index (χ4n) is 1.49. The van der Waals surface area contributed by atoms with E-state index in [0.29, 0.717) is 5.76 Å². The highest BCUT2D eigenvalue weighted by atomic mass is 16.4. The summed E-state index contributed by atoms with van der Waals surface area (Å²) >= 11 is 0. The number of furan rings is 1. The number of hydrogen-bond acceptors (Lipinski definition) is 4. The van der Waals surface area contributed by atoms with Crippen molar-refractivity contribution >= 4 is 18.0 Å². The minimum absolute atomic E-state index is 0.0571. The van der Waals surface area contributed by atoms with Crippen molar-refractivity contribution in [3.05, 3.63) is 30.2 Å². The van der Waals surface area contributed by atoms with Crippen LogP contribution in [0.25, 0.3) is 6.08 Å². The Hall–Kier alpha value is -2.08. The van der Waals surface area contributed by atoms with Crippen LogP contribution in [0.5, 0.6) is 0 Å². The fourth-order valence-corrected chi connectivity index (χ4v) is 1.49. The Balaban J connectivity index is 2.62. The zero-order valence-corrected chi connectivity index (χ0v) is 10.7. The van der Waals surface area contributed by atoms with Crippen LogP contribution in [-0.2, 0) is 9.59 Å². The first-order chi connectivity index (χ1) is 8.99. The average molecular weight is 267 g/mol. The van der Waals surface area contributed by atoms with E-state index in [-0.39, 0.29) is 25.4 Å². The van der Waals surface area contributed by atoms with Crippen LogP contribution in [-0.4, -0.2) is 46.2 Å². The van der Waals surface area contributed by atoms with E-state index in [9.17, 15) is 14.7 Å². The minimum atomic E-state index is -0.988. The lowest BCUT2D eigenvalue weighted by molar-refractivity contribution is -0.138. The molecule has 1 unspecified atom stereocenters. The summed E-state index contributed by atoms with van der Waals surface area (Å²) in [7, 11) is 0. The molecule has 0 aromatic carbocycles. The van der Waals surface area contributed by atoms with E-state index in [0.717, 1.165) is 0 Å². The first-order valence-corrected chi connectivity index (χ1v) is 5.89. The Morgan fingerprint density at radius 1 is 1.53 bits per heavy atom. The number of amides is 1.